The van der Waals surface area contributed by atoms with Gasteiger partial charge in [-0.3, -0.25) is 4.79 Å². The third-order valence-corrected chi connectivity index (χ3v) is 3.56. The number of rotatable bonds is 10. The smallest absolute Gasteiger partial charge is 0.253 e. The number of carbonyl (C=O) groups is 1. The van der Waals surface area contributed by atoms with Gasteiger partial charge in [-0.25, -0.2) is 4.39 Å². The van der Waals surface area contributed by atoms with Crippen molar-refractivity contribution in [2.45, 2.75) is 26.6 Å². The highest BCUT2D eigenvalue weighted by Crippen LogP contribution is 2.16. The van der Waals surface area contributed by atoms with Crippen LogP contribution in [-0.2, 0) is 20.9 Å². The van der Waals surface area contributed by atoms with E-state index in [1.807, 2.05) is 25.1 Å². The first kappa shape index (κ1) is 19.9. The third-order valence-electron chi connectivity index (χ3n) is 3.56. The Labute approximate surface area is 153 Å². The lowest BCUT2D eigenvalue weighted by molar-refractivity contribution is -0.127. The Morgan fingerprint density at radius 1 is 1.15 bits per heavy atom. The first-order valence-electron chi connectivity index (χ1n) is 8.56. The van der Waals surface area contributed by atoms with Crippen molar-refractivity contribution in [3.05, 3.63) is 59.9 Å². The van der Waals surface area contributed by atoms with Crippen LogP contribution in [0.15, 0.2) is 48.5 Å². The summed E-state index contributed by atoms with van der Waals surface area (Å²) in [7, 11) is 0. The number of benzene rings is 2. The Balaban J connectivity index is 1.84. The largest absolute Gasteiger partial charge is 0.489 e. The Morgan fingerprint density at radius 3 is 2.73 bits per heavy atom. The van der Waals surface area contributed by atoms with Gasteiger partial charge in [0.05, 0.1) is 13.2 Å². The second-order valence-electron chi connectivity index (χ2n) is 5.65. The van der Waals surface area contributed by atoms with E-state index < -0.39 is 6.10 Å². The van der Waals surface area contributed by atoms with Gasteiger partial charge < -0.3 is 19.5 Å². The number of halogens is 1. The summed E-state index contributed by atoms with van der Waals surface area (Å²) in [4.78, 5) is 12.2. The van der Waals surface area contributed by atoms with Gasteiger partial charge in [-0.1, -0.05) is 18.2 Å². The van der Waals surface area contributed by atoms with Gasteiger partial charge >= 0.3 is 0 Å². The molecule has 0 aliphatic rings. The molecule has 0 aliphatic heterocycles. The zero-order valence-electron chi connectivity index (χ0n) is 15.0. The summed E-state index contributed by atoms with van der Waals surface area (Å²) < 4.78 is 29.3. The van der Waals surface area contributed by atoms with Crippen LogP contribution in [0.5, 0.6) is 5.75 Å². The molecule has 1 atom stereocenters. The van der Waals surface area contributed by atoms with Crippen molar-refractivity contribution in [2.24, 2.45) is 0 Å². The number of carbonyl (C=O) groups excluding carboxylic acids is 1. The van der Waals surface area contributed by atoms with Crippen molar-refractivity contribution >= 4 is 11.6 Å². The number of ether oxygens (including phenoxy) is 3. The predicted molar refractivity (Wildman–Crippen MR) is 97.7 cm³/mol. The van der Waals surface area contributed by atoms with Crippen molar-refractivity contribution in [3.8, 4) is 5.75 Å². The van der Waals surface area contributed by atoms with E-state index in [-0.39, 0.29) is 18.3 Å². The summed E-state index contributed by atoms with van der Waals surface area (Å²) >= 11 is 0. The van der Waals surface area contributed by atoms with E-state index in [4.69, 9.17) is 14.2 Å². The summed E-state index contributed by atoms with van der Waals surface area (Å²) in [6.07, 6.45) is -0.581. The average Bonchev–Trinajstić information content (AvgIpc) is 2.64. The third kappa shape index (κ3) is 6.82. The maximum Gasteiger partial charge on any atom is 0.253 e. The standard InChI is InChI=1S/C20H24FNO4/c1-3-24-10-11-25-15(2)20(23)22-18-8-4-6-16(12-18)14-26-19-9-5-7-17(21)13-19/h4-9,12-13,15H,3,10-11,14H2,1-2H3,(H,22,23)/t15-/m1/s1. The van der Waals surface area contributed by atoms with E-state index in [1.54, 1.807) is 25.1 Å². The van der Waals surface area contributed by atoms with Gasteiger partial charge in [-0.2, -0.15) is 0 Å². The van der Waals surface area contributed by atoms with Crippen LogP contribution < -0.4 is 10.1 Å². The summed E-state index contributed by atoms with van der Waals surface area (Å²) in [5, 5.41) is 2.81. The van der Waals surface area contributed by atoms with E-state index >= 15 is 0 Å². The SMILES string of the molecule is CCOCCO[C@H](C)C(=O)Nc1cccc(COc2cccc(F)c2)c1. The van der Waals surface area contributed by atoms with Crippen LogP contribution in [-0.4, -0.2) is 31.8 Å². The number of hydrogen-bond acceptors (Lipinski definition) is 4. The molecule has 5 nitrogen and oxygen atoms in total. The van der Waals surface area contributed by atoms with Gasteiger partial charge in [0.25, 0.3) is 5.91 Å². The van der Waals surface area contributed by atoms with Crippen molar-refractivity contribution < 1.29 is 23.4 Å². The van der Waals surface area contributed by atoms with E-state index in [2.05, 4.69) is 5.32 Å². The Morgan fingerprint density at radius 2 is 1.96 bits per heavy atom. The lowest BCUT2D eigenvalue weighted by Crippen LogP contribution is -2.28. The van der Waals surface area contributed by atoms with Gasteiger partial charge in [-0.05, 0) is 43.7 Å². The zero-order chi connectivity index (χ0) is 18.8. The molecule has 0 radical (unpaired) electrons. The van der Waals surface area contributed by atoms with Crippen molar-refractivity contribution in [2.75, 3.05) is 25.1 Å². The highest BCUT2D eigenvalue weighted by Gasteiger charge is 2.13. The molecule has 1 N–H and O–H groups in total. The fourth-order valence-corrected chi connectivity index (χ4v) is 2.21. The Kier molecular flexibility index (Phi) is 8.05. The maximum absolute atomic E-state index is 13.2. The lowest BCUT2D eigenvalue weighted by Gasteiger charge is -2.14. The summed E-state index contributed by atoms with van der Waals surface area (Å²) in [6, 6.07) is 13.3. The van der Waals surface area contributed by atoms with Crippen LogP contribution in [0.2, 0.25) is 0 Å². The number of nitrogens with one attached hydrogen (secondary N) is 1. The van der Waals surface area contributed by atoms with E-state index in [1.165, 1.54) is 12.1 Å². The number of anilines is 1. The quantitative estimate of drug-likeness (QED) is 0.654. The highest BCUT2D eigenvalue weighted by atomic mass is 19.1. The molecular weight excluding hydrogens is 337 g/mol. The molecule has 0 spiro atoms. The molecule has 1 amide bonds. The molecule has 0 saturated carbocycles. The molecule has 26 heavy (non-hydrogen) atoms. The first-order valence-corrected chi connectivity index (χ1v) is 8.56. The zero-order valence-corrected chi connectivity index (χ0v) is 15.0. The van der Waals surface area contributed by atoms with Crippen LogP contribution in [0.1, 0.15) is 19.4 Å². The van der Waals surface area contributed by atoms with E-state index in [9.17, 15) is 9.18 Å². The molecular formula is C20H24FNO4. The topological polar surface area (TPSA) is 56.8 Å². The number of hydrogen-bond donors (Lipinski definition) is 1. The second kappa shape index (κ2) is 10.5. The van der Waals surface area contributed by atoms with Crippen molar-refractivity contribution in [1.82, 2.24) is 0 Å². The summed E-state index contributed by atoms with van der Waals surface area (Å²) in [5.41, 5.74) is 1.51. The van der Waals surface area contributed by atoms with Gasteiger partial charge in [-0.15, -0.1) is 0 Å². The van der Waals surface area contributed by atoms with E-state index in [0.29, 0.717) is 31.3 Å². The lowest BCUT2D eigenvalue weighted by atomic mass is 10.2. The Hall–Kier alpha value is -2.44. The van der Waals surface area contributed by atoms with Crippen LogP contribution in [0.4, 0.5) is 10.1 Å². The normalized spacial score (nSPS) is 11.8. The molecule has 0 fully saturated rings. The van der Waals surface area contributed by atoms with Crippen LogP contribution in [0, 0.1) is 5.82 Å². The van der Waals surface area contributed by atoms with Gasteiger partial charge in [0.15, 0.2) is 0 Å². The molecule has 2 aromatic carbocycles. The fourth-order valence-electron chi connectivity index (χ4n) is 2.21. The molecule has 140 valence electrons. The number of amides is 1. The molecule has 0 bridgehead atoms. The van der Waals surface area contributed by atoms with E-state index in [0.717, 1.165) is 5.56 Å². The molecule has 0 saturated heterocycles. The molecule has 0 heterocycles. The molecule has 2 aromatic rings. The van der Waals surface area contributed by atoms with Gasteiger partial charge in [0.2, 0.25) is 0 Å². The fraction of sp³-hybridized carbons (Fsp3) is 0.350. The van der Waals surface area contributed by atoms with Gasteiger partial charge in [0.1, 0.15) is 24.3 Å². The molecule has 0 unspecified atom stereocenters. The first-order chi connectivity index (χ1) is 12.6. The molecule has 0 aromatic heterocycles. The molecule has 6 heteroatoms. The molecule has 2 rings (SSSR count). The van der Waals surface area contributed by atoms with Crippen LogP contribution in [0.3, 0.4) is 0 Å². The second-order valence-corrected chi connectivity index (χ2v) is 5.65. The minimum Gasteiger partial charge on any atom is -0.489 e. The van der Waals surface area contributed by atoms with Crippen molar-refractivity contribution in [3.63, 3.8) is 0 Å². The predicted octanol–water partition coefficient (Wildman–Crippen LogP) is 3.78. The minimum absolute atomic E-state index is 0.232. The highest BCUT2D eigenvalue weighted by molar-refractivity contribution is 5.93. The van der Waals surface area contributed by atoms with Crippen LogP contribution >= 0.6 is 0 Å². The van der Waals surface area contributed by atoms with Gasteiger partial charge in [0, 0.05) is 18.4 Å². The van der Waals surface area contributed by atoms with Crippen LogP contribution in [0.25, 0.3) is 0 Å². The van der Waals surface area contributed by atoms with Crippen molar-refractivity contribution in [1.29, 1.82) is 0 Å². The average molecular weight is 361 g/mol. The summed E-state index contributed by atoms with van der Waals surface area (Å²) in [5.74, 6) is -0.123. The minimum atomic E-state index is -0.581. The molecule has 0 aliphatic carbocycles. The Bertz CT molecular complexity index is 708. The summed E-state index contributed by atoms with van der Waals surface area (Å²) in [6.45, 7) is 5.31. The maximum atomic E-state index is 13.2. The monoisotopic (exact) mass is 361 g/mol.